The van der Waals surface area contributed by atoms with Gasteiger partial charge in [0.1, 0.15) is 10.8 Å². The Morgan fingerprint density at radius 2 is 1.85 bits per heavy atom. The van der Waals surface area contributed by atoms with Crippen molar-refractivity contribution in [3.63, 3.8) is 0 Å². The van der Waals surface area contributed by atoms with Crippen LogP contribution in [0.2, 0.25) is 0 Å². The minimum Gasteiger partial charge on any atom is -0.496 e. The van der Waals surface area contributed by atoms with E-state index in [2.05, 4.69) is 22.9 Å². The fraction of sp³-hybridized carbons (Fsp3) is 0.143. The summed E-state index contributed by atoms with van der Waals surface area (Å²) in [5.74, 6) is 0.560. The summed E-state index contributed by atoms with van der Waals surface area (Å²) < 4.78 is 5.48. The van der Waals surface area contributed by atoms with Crippen LogP contribution < -0.4 is 10.1 Å². The number of nitrogens with one attached hydrogen (secondary N) is 1. The number of benzene rings is 2. The molecule has 1 heterocycles. The summed E-state index contributed by atoms with van der Waals surface area (Å²) in [4.78, 5) is 15.7. The molecule has 1 aromatic heterocycles. The van der Waals surface area contributed by atoms with Crippen LogP contribution in [0.3, 0.4) is 0 Å². The molecular weight excluding hydrogens is 344 g/mol. The lowest BCUT2D eigenvalue weighted by Gasteiger charge is -2.11. The molecule has 0 atom stereocenters. The zero-order valence-electron chi connectivity index (χ0n) is 15.2. The highest BCUT2D eigenvalue weighted by Crippen LogP contribution is 2.35. The first-order valence-corrected chi connectivity index (χ1v) is 9.21. The first kappa shape index (κ1) is 19.4. The van der Waals surface area contributed by atoms with Crippen molar-refractivity contribution in [1.82, 2.24) is 4.98 Å². The largest absolute Gasteiger partial charge is 0.496 e. The molecule has 0 aliphatic rings. The molecule has 5 heteroatoms. The van der Waals surface area contributed by atoms with Crippen molar-refractivity contribution in [2.45, 2.75) is 13.8 Å². The van der Waals surface area contributed by atoms with Crippen LogP contribution in [0.25, 0.3) is 21.7 Å². The molecule has 1 amide bonds. The lowest BCUT2D eigenvalue weighted by Crippen LogP contribution is -2.06. The van der Waals surface area contributed by atoms with E-state index in [4.69, 9.17) is 4.74 Å². The van der Waals surface area contributed by atoms with Gasteiger partial charge in [0.05, 0.1) is 7.11 Å². The van der Waals surface area contributed by atoms with Crippen molar-refractivity contribution in [1.29, 1.82) is 0 Å². The minimum absolute atomic E-state index is 0.230. The van der Waals surface area contributed by atoms with Crippen LogP contribution in [-0.2, 0) is 4.79 Å². The van der Waals surface area contributed by atoms with Crippen molar-refractivity contribution in [3.05, 3.63) is 66.7 Å². The molecule has 1 N–H and O–H groups in total. The molecule has 2 aromatic carbocycles. The Balaban J connectivity index is 0.00000117. The normalized spacial score (nSPS) is 9.65. The zero-order valence-corrected chi connectivity index (χ0v) is 16.0. The number of carbonyl (C=O) groups excluding carboxylic acids is 1. The van der Waals surface area contributed by atoms with Gasteiger partial charge in [0, 0.05) is 28.4 Å². The molecule has 0 unspecified atom stereocenters. The van der Waals surface area contributed by atoms with E-state index < -0.39 is 0 Å². The Labute approximate surface area is 158 Å². The van der Waals surface area contributed by atoms with E-state index >= 15 is 0 Å². The number of methoxy groups -OCH3 is 1. The second kappa shape index (κ2) is 9.53. The van der Waals surface area contributed by atoms with Gasteiger partial charge in [-0.3, -0.25) is 4.79 Å². The van der Waals surface area contributed by atoms with E-state index in [1.165, 1.54) is 6.08 Å². The topological polar surface area (TPSA) is 51.2 Å². The molecule has 0 radical (unpaired) electrons. The third-order valence-corrected chi connectivity index (χ3v) is 4.35. The lowest BCUT2D eigenvalue weighted by atomic mass is 10.0. The number of rotatable bonds is 5. The van der Waals surface area contributed by atoms with Crippen molar-refractivity contribution in [3.8, 4) is 27.4 Å². The fourth-order valence-corrected chi connectivity index (χ4v) is 2.99. The van der Waals surface area contributed by atoms with Crippen LogP contribution in [-0.4, -0.2) is 18.0 Å². The molecule has 3 rings (SSSR count). The first-order chi connectivity index (χ1) is 12.7. The standard InChI is InChI=1S/C19H16N2O2S.C2H6/c1-3-18(22)21-15-7-4-13(5-8-15)16-12-14(6-9-17(16)23-2)19-20-10-11-24-19;1-2/h3-12H,1H2,2H3,(H,21,22);1-2H3. The number of hydrogen-bond acceptors (Lipinski definition) is 4. The molecule has 4 nitrogen and oxygen atoms in total. The average molecular weight is 366 g/mol. The predicted octanol–water partition coefficient (Wildman–Crippen LogP) is 5.64. The molecule has 3 aromatic rings. The summed E-state index contributed by atoms with van der Waals surface area (Å²) in [7, 11) is 1.65. The number of aromatic nitrogens is 1. The van der Waals surface area contributed by atoms with Crippen LogP contribution >= 0.6 is 11.3 Å². The number of anilines is 1. The Hall–Kier alpha value is -2.92. The van der Waals surface area contributed by atoms with Crippen LogP contribution in [0.1, 0.15) is 13.8 Å². The van der Waals surface area contributed by atoms with Crippen LogP contribution in [0.4, 0.5) is 5.69 Å². The van der Waals surface area contributed by atoms with Gasteiger partial charge in [-0.05, 0) is 42.0 Å². The minimum atomic E-state index is -0.230. The van der Waals surface area contributed by atoms with Crippen molar-refractivity contribution in [2.75, 3.05) is 12.4 Å². The van der Waals surface area contributed by atoms with Gasteiger partial charge in [0.15, 0.2) is 0 Å². The molecule has 0 fully saturated rings. The maximum Gasteiger partial charge on any atom is 0.247 e. The zero-order chi connectivity index (χ0) is 18.9. The van der Waals surface area contributed by atoms with E-state index in [9.17, 15) is 4.79 Å². The Bertz CT molecular complexity index is 856. The highest BCUT2D eigenvalue weighted by Gasteiger charge is 2.10. The summed E-state index contributed by atoms with van der Waals surface area (Å²) in [5.41, 5.74) is 3.75. The van der Waals surface area contributed by atoms with E-state index in [1.54, 1.807) is 24.6 Å². The Kier molecular flexibility index (Phi) is 7.12. The second-order valence-corrected chi connectivity index (χ2v) is 5.92. The summed E-state index contributed by atoms with van der Waals surface area (Å²) in [6.07, 6.45) is 3.04. The molecule has 26 heavy (non-hydrogen) atoms. The number of nitrogens with zero attached hydrogens (tertiary/aromatic N) is 1. The number of ether oxygens (including phenoxy) is 1. The maximum atomic E-state index is 11.4. The fourth-order valence-electron chi connectivity index (χ4n) is 2.36. The summed E-state index contributed by atoms with van der Waals surface area (Å²) in [6, 6.07) is 13.6. The third-order valence-electron chi connectivity index (χ3n) is 3.53. The van der Waals surface area contributed by atoms with Gasteiger partial charge in [-0.2, -0.15) is 0 Å². The lowest BCUT2D eigenvalue weighted by molar-refractivity contribution is -0.111. The maximum absolute atomic E-state index is 11.4. The monoisotopic (exact) mass is 366 g/mol. The van der Waals surface area contributed by atoms with Crippen molar-refractivity contribution >= 4 is 22.9 Å². The molecule has 0 saturated carbocycles. The average Bonchev–Trinajstić information content (AvgIpc) is 3.24. The molecule has 0 aliphatic heterocycles. The highest BCUT2D eigenvalue weighted by atomic mass is 32.1. The SMILES string of the molecule is C=CC(=O)Nc1ccc(-c2cc(-c3nccs3)ccc2OC)cc1.CC. The van der Waals surface area contributed by atoms with E-state index in [1.807, 2.05) is 55.6 Å². The van der Waals surface area contributed by atoms with E-state index in [0.717, 1.165) is 33.1 Å². The molecular formula is C21H22N2O2S. The van der Waals surface area contributed by atoms with Crippen molar-refractivity contribution in [2.24, 2.45) is 0 Å². The summed E-state index contributed by atoms with van der Waals surface area (Å²) >= 11 is 1.60. The van der Waals surface area contributed by atoms with E-state index in [0.29, 0.717) is 0 Å². The van der Waals surface area contributed by atoms with Gasteiger partial charge >= 0.3 is 0 Å². The van der Waals surface area contributed by atoms with Crippen molar-refractivity contribution < 1.29 is 9.53 Å². The summed E-state index contributed by atoms with van der Waals surface area (Å²) in [6.45, 7) is 7.45. The van der Waals surface area contributed by atoms with Gasteiger partial charge in [0.25, 0.3) is 0 Å². The van der Waals surface area contributed by atoms with Gasteiger partial charge in [-0.1, -0.05) is 32.6 Å². The predicted molar refractivity (Wildman–Crippen MR) is 110 cm³/mol. The van der Waals surface area contributed by atoms with Crippen LogP contribution in [0.15, 0.2) is 66.7 Å². The third kappa shape index (κ3) is 4.58. The van der Waals surface area contributed by atoms with Crippen LogP contribution in [0, 0.1) is 0 Å². The van der Waals surface area contributed by atoms with Gasteiger partial charge in [-0.15, -0.1) is 11.3 Å². The Morgan fingerprint density at radius 3 is 2.42 bits per heavy atom. The number of amides is 1. The first-order valence-electron chi connectivity index (χ1n) is 8.33. The van der Waals surface area contributed by atoms with E-state index in [-0.39, 0.29) is 5.91 Å². The quantitative estimate of drug-likeness (QED) is 0.595. The molecule has 0 bridgehead atoms. The van der Waals surface area contributed by atoms with Gasteiger partial charge in [0.2, 0.25) is 5.91 Å². The Morgan fingerprint density at radius 1 is 1.15 bits per heavy atom. The number of hydrogen-bond donors (Lipinski definition) is 1. The number of carbonyl (C=O) groups is 1. The second-order valence-electron chi connectivity index (χ2n) is 5.02. The molecule has 0 saturated heterocycles. The number of thiazole rings is 1. The smallest absolute Gasteiger partial charge is 0.247 e. The van der Waals surface area contributed by atoms with Crippen LogP contribution in [0.5, 0.6) is 5.75 Å². The highest BCUT2D eigenvalue weighted by molar-refractivity contribution is 7.13. The molecule has 0 spiro atoms. The molecule has 0 aliphatic carbocycles. The van der Waals surface area contributed by atoms with Gasteiger partial charge in [-0.25, -0.2) is 4.98 Å². The summed E-state index contributed by atoms with van der Waals surface area (Å²) in [5, 5.41) is 5.66. The molecule has 134 valence electrons. The van der Waals surface area contributed by atoms with Gasteiger partial charge < -0.3 is 10.1 Å².